The van der Waals surface area contributed by atoms with Gasteiger partial charge in [-0.1, -0.05) is 24.4 Å². The van der Waals surface area contributed by atoms with Gasteiger partial charge in [-0.2, -0.15) is 0 Å². The molecule has 0 saturated heterocycles. The van der Waals surface area contributed by atoms with Gasteiger partial charge in [0.25, 0.3) is 0 Å². The van der Waals surface area contributed by atoms with E-state index in [1.165, 1.54) is 27.5 Å². The van der Waals surface area contributed by atoms with Crippen molar-refractivity contribution in [2.45, 2.75) is 39.7 Å². The minimum absolute atomic E-state index is 0.118. The van der Waals surface area contributed by atoms with Crippen molar-refractivity contribution in [1.29, 1.82) is 0 Å². The minimum atomic E-state index is 0.118. The van der Waals surface area contributed by atoms with Crippen LogP contribution in [-0.2, 0) is 0 Å². The van der Waals surface area contributed by atoms with E-state index in [9.17, 15) is 0 Å². The number of benzene rings is 1. The summed E-state index contributed by atoms with van der Waals surface area (Å²) < 4.78 is 9.55. The summed E-state index contributed by atoms with van der Waals surface area (Å²) in [6, 6.07) is 4.41. The molecule has 0 radical (unpaired) electrons. The highest BCUT2D eigenvalue weighted by atomic mass is 32.1. The van der Waals surface area contributed by atoms with Gasteiger partial charge in [-0.25, -0.2) is 0 Å². The number of hydrogen-bond donors (Lipinski definition) is 1. The Kier molecular flexibility index (Phi) is 4.96. The second kappa shape index (κ2) is 6.54. The van der Waals surface area contributed by atoms with Crippen molar-refractivity contribution >= 4 is 11.5 Å². The Balaban J connectivity index is 2.51. The van der Waals surface area contributed by atoms with Crippen LogP contribution in [0.4, 0.5) is 0 Å². The van der Waals surface area contributed by atoms with E-state index in [0.29, 0.717) is 5.92 Å². The van der Waals surface area contributed by atoms with Gasteiger partial charge in [-0.05, 0) is 61.1 Å². The Hall–Kier alpha value is -1.46. The molecular weight excluding hydrogens is 282 g/mol. The normalized spacial score (nSPS) is 12.7. The van der Waals surface area contributed by atoms with Crippen LogP contribution in [0.1, 0.15) is 53.1 Å². The van der Waals surface area contributed by atoms with E-state index >= 15 is 0 Å². The van der Waals surface area contributed by atoms with Crippen molar-refractivity contribution in [3.05, 3.63) is 39.4 Å². The molecule has 0 aliphatic carbocycles. The molecule has 114 valence electrons. The fraction of sp³-hybridized carbons (Fsp3) is 0.500. The third-order valence-corrected chi connectivity index (χ3v) is 4.54. The van der Waals surface area contributed by atoms with Crippen molar-refractivity contribution in [2.75, 3.05) is 14.2 Å². The lowest BCUT2D eigenvalue weighted by Gasteiger charge is -2.20. The van der Waals surface area contributed by atoms with Crippen molar-refractivity contribution in [1.82, 2.24) is 14.9 Å². The van der Waals surface area contributed by atoms with Gasteiger partial charge in [0.05, 0.1) is 23.7 Å². The largest absolute Gasteiger partial charge is 0.496 e. The first-order valence-electron chi connectivity index (χ1n) is 7.14. The van der Waals surface area contributed by atoms with E-state index in [4.69, 9.17) is 4.74 Å². The maximum Gasteiger partial charge on any atom is 0.122 e. The van der Waals surface area contributed by atoms with Crippen LogP contribution in [0.5, 0.6) is 5.75 Å². The van der Waals surface area contributed by atoms with E-state index in [1.807, 2.05) is 7.05 Å². The van der Waals surface area contributed by atoms with Gasteiger partial charge in [0.15, 0.2) is 0 Å². The molecule has 1 aromatic carbocycles. The summed E-state index contributed by atoms with van der Waals surface area (Å²) in [6.07, 6.45) is 0. The first-order valence-corrected chi connectivity index (χ1v) is 7.91. The summed E-state index contributed by atoms with van der Waals surface area (Å²) in [7, 11) is 3.69. The van der Waals surface area contributed by atoms with E-state index in [-0.39, 0.29) is 6.04 Å². The topological polar surface area (TPSA) is 47.0 Å². The third-order valence-electron chi connectivity index (χ3n) is 3.73. The summed E-state index contributed by atoms with van der Waals surface area (Å²) in [6.45, 7) is 8.49. The maximum absolute atomic E-state index is 5.40. The molecule has 1 atom stereocenters. The fourth-order valence-corrected chi connectivity index (χ4v) is 3.51. The lowest BCUT2D eigenvalue weighted by molar-refractivity contribution is 0.411. The van der Waals surface area contributed by atoms with Gasteiger partial charge in [-0.3, -0.25) is 0 Å². The number of hydrogen-bond acceptors (Lipinski definition) is 5. The molecule has 0 fully saturated rings. The Morgan fingerprint density at radius 1 is 1.19 bits per heavy atom. The summed E-state index contributed by atoms with van der Waals surface area (Å²) in [4.78, 5) is 1.19. The number of aryl methyl sites for hydroxylation is 2. The van der Waals surface area contributed by atoms with Crippen LogP contribution in [-0.4, -0.2) is 23.7 Å². The maximum atomic E-state index is 5.40. The van der Waals surface area contributed by atoms with Gasteiger partial charge in [0.1, 0.15) is 5.75 Å². The van der Waals surface area contributed by atoms with E-state index < -0.39 is 0 Å². The number of rotatable bonds is 5. The van der Waals surface area contributed by atoms with Gasteiger partial charge in [0.2, 0.25) is 0 Å². The van der Waals surface area contributed by atoms with Crippen LogP contribution in [0.15, 0.2) is 12.1 Å². The highest BCUT2D eigenvalue weighted by molar-refractivity contribution is 7.05. The molecule has 0 saturated carbocycles. The summed E-state index contributed by atoms with van der Waals surface area (Å²) in [5.41, 5.74) is 4.68. The highest BCUT2D eigenvalue weighted by Gasteiger charge is 2.23. The molecule has 0 aliphatic rings. The first-order chi connectivity index (χ1) is 9.99. The first kappa shape index (κ1) is 15.9. The number of aromatic nitrogens is 2. The monoisotopic (exact) mass is 305 g/mol. The molecule has 0 aliphatic heterocycles. The smallest absolute Gasteiger partial charge is 0.122 e. The molecule has 21 heavy (non-hydrogen) atoms. The molecule has 1 heterocycles. The van der Waals surface area contributed by atoms with Gasteiger partial charge in [-0.15, -0.1) is 5.10 Å². The Morgan fingerprint density at radius 3 is 2.48 bits per heavy atom. The lowest BCUT2D eigenvalue weighted by Crippen LogP contribution is -2.19. The van der Waals surface area contributed by atoms with Crippen LogP contribution < -0.4 is 10.1 Å². The predicted octanol–water partition coefficient (Wildman–Crippen LogP) is 3.60. The minimum Gasteiger partial charge on any atom is -0.496 e. The number of nitrogens with one attached hydrogen (secondary N) is 1. The van der Waals surface area contributed by atoms with Crippen molar-refractivity contribution < 1.29 is 4.74 Å². The quantitative estimate of drug-likeness (QED) is 0.917. The Bertz CT molecular complexity index is 622. The van der Waals surface area contributed by atoms with Gasteiger partial charge >= 0.3 is 0 Å². The number of ether oxygens (including phenoxy) is 1. The summed E-state index contributed by atoms with van der Waals surface area (Å²) >= 11 is 1.48. The van der Waals surface area contributed by atoms with Crippen molar-refractivity contribution in [3.63, 3.8) is 0 Å². The molecule has 0 amide bonds. The Morgan fingerprint density at radius 2 is 1.90 bits per heavy atom. The fourth-order valence-electron chi connectivity index (χ4n) is 2.58. The molecular formula is C16H23N3OS. The Labute approximate surface area is 130 Å². The zero-order valence-electron chi connectivity index (χ0n) is 13.5. The third kappa shape index (κ3) is 3.09. The zero-order valence-corrected chi connectivity index (χ0v) is 14.3. The number of nitrogens with zero attached hydrogens (tertiary/aromatic N) is 2. The van der Waals surface area contributed by atoms with Crippen LogP contribution in [0, 0.1) is 13.8 Å². The molecule has 4 nitrogen and oxygen atoms in total. The summed E-state index contributed by atoms with van der Waals surface area (Å²) in [5, 5.41) is 7.71. The lowest BCUT2D eigenvalue weighted by atomic mass is 9.95. The zero-order chi connectivity index (χ0) is 15.6. The van der Waals surface area contributed by atoms with Crippen LogP contribution in [0.25, 0.3) is 0 Å². The van der Waals surface area contributed by atoms with Gasteiger partial charge < -0.3 is 10.1 Å². The van der Waals surface area contributed by atoms with Crippen LogP contribution >= 0.6 is 11.5 Å². The molecule has 1 aromatic heterocycles. The molecule has 1 unspecified atom stereocenters. The predicted molar refractivity (Wildman–Crippen MR) is 87.4 cm³/mol. The highest BCUT2D eigenvalue weighted by Crippen LogP contribution is 2.34. The standard InChI is InChI=1S/C16H23N3OS/c1-9(2)14-16(21-19-18-14)15(17-5)12-7-11(4)13(20-6)8-10(12)3/h7-9,15,17H,1-6H3. The number of methoxy groups -OCH3 is 1. The molecule has 0 bridgehead atoms. The van der Waals surface area contributed by atoms with Crippen LogP contribution in [0.2, 0.25) is 0 Å². The molecule has 5 heteroatoms. The van der Waals surface area contributed by atoms with E-state index in [1.54, 1.807) is 7.11 Å². The molecule has 1 N–H and O–H groups in total. The van der Waals surface area contributed by atoms with Crippen molar-refractivity contribution in [2.24, 2.45) is 0 Å². The molecule has 2 aromatic rings. The second-order valence-electron chi connectivity index (χ2n) is 5.58. The van der Waals surface area contributed by atoms with Crippen LogP contribution in [0.3, 0.4) is 0 Å². The second-order valence-corrected chi connectivity index (χ2v) is 6.36. The van der Waals surface area contributed by atoms with E-state index in [0.717, 1.165) is 17.0 Å². The van der Waals surface area contributed by atoms with Crippen molar-refractivity contribution in [3.8, 4) is 5.75 Å². The average molecular weight is 305 g/mol. The summed E-state index contributed by atoms with van der Waals surface area (Å²) in [5.74, 6) is 1.30. The molecule has 2 rings (SSSR count). The molecule has 0 spiro atoms. The average Bonchev–Trinajstić information content (AvgIpc) is 2.92. The van der Waals surface area contributed by atoms with E-state index in [2.05, 4.69) is 54.7 Å². The SMILES string of the molecule is CNC(c1cc(C)c(OC)cc1C)c1snnc1C(C)C. The van der Waals surface area contributed by atoms with Gasteiger partial charge in [0, 0.05) is 0 Å².